The van der Waals surface area contributed by atoms with Crippen LogP contribution in [0.4, 0.5) is 0 Å². The van der Waals surface area contributed by atoms with Crippen molar-refractivity contribution in [1.29, 1.82) is 0 Å². The number of β-amino-alcohol motifs (C(OH)–C–C–N with tert-alkyl or cyclic N) is 1. The molecular formula is C16H26N2O. The lowest BCUT2D eigenvalue weighted by Crippen LogP contribution is -2.43. The maximum absolute atomic E-state index is 10.4. The summed E-state index contributed by atoms with van der Waals surface area (Å²) in [7, 11) is 2.01. The van der Waals surface area contributed by atoms with Crippen molar-refractivity contribution in [1.82, 2.24) is 10.2 Å². The molecule has 19 heavy (non-hydrogen) atoms. The lowest BCUT2D eigenvalue weighted by Gasteiger charge is -2.37. The van der Waals surface area contributed by atoms with Crippen LogP contribution in [0.3, 0.4) is 0 Å². The molecule has 106 valence electrons. The summed E-state index contributed by atoms with van der Waals surface area (Å²) in [4.78, 5) is 2.47. The standard InChI is InChI=1S/C16H26N2O/c1-17-11-10-15-9-5-6-12-18(15)13-16(19)14-7-3-2-4-8-14/h2-4,7-8,15-17,19H,5-6,9-13H2,1H3. The SMILES string of the molecule is CNCCC1CCCCN1CC(O)c1ccccc1. The van der Waals surface area contributed by atoms with Gasteiger partial charge in [-0.25, -0.2) is 0 Å². The zero-order valence-electron chi connectivity index (χ0n) is 11.9. The van der Waals surface area contributed by atoms with Gasteiger partial charge in [0.2, 0.25) is 0 Å². The monoisotopic (exact) mass is 262 g/mol. The molecule has 1 aliphatic heterocycles. The fraction of sp³-hybridized carbons (Fsp3) is 0.625. The second-order valence-electron chi connectivity index (χ2n) is 5.46. The zero-order valence-corrected chi connectivity index (χ0v) is 11.9. The van der Waals surface area contributed by atoms with Crippen molar-refractivity contribution in [2.45, 2.75) is 37.8 Å². The van der Waals surface area contributed by atoms with Crippen LogP contribution < -0.4 is 5.32 Å². The number of hydrogen-bond acceptors (Lipinski definition) is 3. The van der Waals surface area contributed by atoms with Crippen LogP contribution in [0.15, 0.2) is 30.3 Å². The number of rotatable bonds is 6. The normalized spacial score (nSPS) is 22.3. The predicted molar refractivity (Wildman–Crippen MR) is 79.2 cm³/mol. The van der Waals surface area contributed by atoms with Crippen LogP contribution in [-0.2, 0) is 0 Å². The van der Waals surface area contributed by atoms with Crippen LogP contribution >= 0.6 is 0 Å². The van der Waals surface area contributed by atoms with Gasteiger partial charge in [0.25, 0.3) is 0 Å². The average molecular weight is 262 g/mol. The molecule has 0 bridgehead atoms. The number of nitrogens with one attached hydrogen (secondary N) is 1. The first kappa shape index (κ1) is 14.5. The summed E-state index contributed by atoms with van der Waals surface area (Å²) < 4.78 is 0. The van der Waals surface area contributed by atoms with Crippen molar-refractivity contribution in [2.24, 2.45) is 0 Å². The van der Waals surface area contributed by atoms with Gasteiger partial charge in [0.05, 0.1) is 6.10 Å². The molecule has 1 aliphatic rings. The van der Waals surface area contributed by atoms with Gasteiger partial charge in [-0.15, -0.1) is 0 Å². The van der Waals surface area contributed by atoms with Gasteiger partial charge in [-0.3, -0.25) is 4.90 Å². The average Bonchev–Trinajstić information content (AvgIpc) is 2.47. The molecule has 0 aliphatic carbocycles. The number of aliphatic hydroxyl groups excluding tert-OH is 1. The molecule has 2 unspecified atom stereocenters. The molecule has 1 fully saturated rings. The van der Waals surface area contributed by atoms with Gasteiger partial charge in [0.1, 0.15) is 0 Å². The number of aliphatic hydroxyl groups is 1. The van der Waals surface area contributed by atoms with Crippen LogP contribution in [0.1, 0.15) is 37.4 Å². The van der Waals surface area contributed by atoms with E-state index < -0.39 is 0 Å². The van der Waals surface area contributed by atoms with Gasteiger partial charge in [0.15, 0.2) is 0 Å². The largest absolute Gasteiger partial charge is 0.387 e. The fourth-order valence-electron chi connectivity index (χ4n) is 2.94. The maximum Gasteiger partial charge on any atom is 0.0917 e. The van der Waals surface area contributed by atoms with Crippen LogP contribution in [0, 0.1) is 0 Å². The van der Waals surface area contributed by atoms with E-state index in [9.17, 15) is 5.11 Å². The number of piperidine rings is 1. The van der Waals surface area contributed by atoms with E-state index in [1.165, 1.54) is 25.7 Å². The van der Waals surface area contributed by atoms with E-state index in [1.807, 2.05) is 37.4 Å². The second-order valence-corrected chi connectivity index (χ2v) is 5.46. The predicted octanol–water partition coefficient (Wildman–Crippen LogP) is 2.18. The Hall–Kier alpha value is -0.900. The smallest absolute Gasteiger partial charge is 0.0917 e. The molecule has 0 saturated carbocycles. The Labute approximate surface area is 116 Å². The molecule has 2 atom stereocenters. The molecule has 1 aromatic carbocycles. The highest BCUT2D eigenvalue weighted by Gasteiger charge is 2.24. The second kappa shape index (κ2) is 7.63. The lowest BCUT2D eigenvalue weighted by atomic mass is 9.98. The minimum atomic E-state index is -0.364. The van der Waals surface area contributed by atoms with Gasteiger partial charge >= 0.3 is 0 Å². The third-order valence-corrected chi connectivity index (χ3v) is 4.07. The molecule has 1 saturated heterocycles. The summed E-state index contributed by atoms with van der Waals surface area (Å²) in [6.45, 7) is 2.94. The molecule has 1 aromatic rings. The number of nitrogens with zero attached hydrogens (tertiary/aromatic N) is 1. The van der Waals surface area contributed by atoms with Crippen molar-refractivity contribution in [2.75, 3.05) is 26.7 Å². The molecule has 0 radical (unpaired) electrons. The summed E-state index contributed by atoms with van der Waals surface area (Å²) >= 11 is 0. The van der Waals surface area contributed by atoms with Gasteiger partial charge in [-0.1, -0.05) is 36.8 Å². The molecular weight excluding hydrogens is 236 g/mol. The quantitative estimate of drug-likeness (QED) is 0.825. The van der Waals surface area contributed by atoms with Crippen molar-refractivity contribution < 1.29 is 5.11 Å². The molecule has 1 heterocycles. The zero-order chi connectivity index (χ0) is 13.5. The third kappa shape index (κ3) is 4.30. The van der Waals surface area contributed by atoms with Gasteiger partial charge in [0, 0.05) is 12.6 Å². The molecule has 2 rings (SSSR count). The fourth-order valence-corrected chi connectivity index (χ4v) is 2.94. The van der Waals surface area contributed by atoms with Crippen molar-refractivity contribution in [3.8, 4) is 0 Å². The van der Waals surface area contributed by atoms with Crippen LogP contribution in [0.25, 0.3) is 0 Å². The van der Waals surface area contributed by atoms with E-state index in [1.54, 1.807) is 0 Å². The van der Waals surface area contributed by atoms with E-state index in [4.69, 9.17) is 0 Å². The number of benzene rings is 1. The van der Waals surface area contributed by atoms with Crippen LogP contribution in [0.5, 0.6) is 0 Å². The first-order valence-corrected chi connectivity index (χ1v) is 7.43. The molecule has 2 N–H and O–H groups in total. The first-order chi connectivity index (χ1) is 9.31. The third-order valence-electron chi connectivity index (χ3n) is 4.07. The summed E-state index contributed by atoms with van der Waals surface area (Å²) in [6, 6.07) is 10.6. The molecule has 0 amide bonds. The Bertz CT molecular complexity index is 355. The molecule has 3 heteroatoms. The minimum absolute atomic E-state index is 0.364. The highest BCUT2D eigenvalue weighted by Crippen LogP contribution is 2.23. The summed E-state index contributed by atoms with van der Waals surface area (Å²) in [5.41, 5.74) is 1.03. The Morgan fingerprint density at radius 3 is 2.84 bits per heavy atom. The van der Waals surface area contributed by atoms with Crippen LogP contribution in [-0.4, -0.2) is 42.7 Å². The van der Waals surface area contributed by atoms with Gasteiger partial charge in [-0.05, 0) is 45.0 Å². The number of hydrogen-bond donors (Lipinski definition) is 2. The summed E-state index contributed by atoms with van der Waals surface area (Å²) in [5.74, 6) is 0. The highest BCUT2D eigenvalue weighted by atomic mass is 16.3. The Balaban J connectivity index is 1.91. The van der Waals surface area contributed by atoms with E-state index in [-0.39, 0.29) is 6.10 Å². The first-order valence-electron chi connectivity index (χ1n) is 7.43. The topological polar surface area (TPSA) is 35.5 Å². The van der Waals surface area contributed by atoms with Gasteiger partial charge in [-0.2, -0.15) is 0 Å². The molecule has 3 nitrogen and oxygen atoms in total. The Morgan fingerprint density at radius 1 is 1.32 bits per heavy atom. The van der Waals surface area contributed by atoms with Crippen LogP contribution in [0.2, 0.25) is 0 Å². The lowest BCUT2D eigenvalue weighted by molar-refractivity contribution is 0.0640. The Morgan fingerprint density at radius 2 is 2.11 bits per heavy atom. The highest BCUT2D eigenvalue weighted by molar-refractivity contribution is 5.17. The Kier molecular flexibility index (Phi) is 5.83. The van der Waals surface area contributed by atoms with Gasteiger partial charge < -0.3 is 10.4 Å². The summed E-state index contributed by atoms with van der Waals surface area (Å²) in [6.07, 6.45) is 4.67. The molecule has 0 aromatic heterocycles. The van der Waals surface area contributed by atoms with E-state index in [2.05, 4.69) is 10.2 Å². The van der Waals surface area contributed by atoms with Crippen molar-refractivity contribution in [3.63, 3.8) is 0 Å². The van der Waals surface area contributed by atoms with Crippen molar-refractivity contribution >= 4 is 0 Å². The minimum Gasteiger partial charge on any atom is -0.387 e. The summed E-state index contributed by atoms with van der Waals surface area (Å²) in [5, 5.41) is 13.6. The van der Waals surface area contributed by atoms with E-state index in [0.717, 1.165) is 25.2 Å². The van der Waals surface area contributed by atoms with E-state index >= 15 is 0 Å². The number of likely N-dealkylation sites (tertiary alicyclic amines) is 1. The van der Waals surface area contributed by atoms with Crippen molar-refractivity contribution in [3.05, 3.63) is 35.9 Å². The molecule has 0 spiro atoms. The van der Waals surface area contributed by atoms with E-state index in [0.29, 0.717) is 6.04 Å². The maximum atomic E-state index is 10.4.